The fourth-order valence-corrected chi connectivity index (χ4v) is 4.55. The van der Waals surface area contributed by atoms with Gasteiger partial charge in [0.1, 0.15) is 0 Å². The Morgan fingerprint density at radius 2 is 1.50 bits per heavy atom. The van der Waals surface area contributed by atoms with E-state index in [1.807, 2.05) is 54.6 Å². The zero-order chi connectivity index (χ0) is 22.2. The average molecular weight is 425 g/mol. The normalized spacial score (nSPS) is 15.2. The fourth-order valence-electron chi connectivity index (χ4n) is 4.55. The van der Waals surface area contributed by atoms with Crippen molar-refractivity contribution in [1.82, 2.24) is 0 Å². The van der Waals surface area contributed by atoms with Gasteiger partial charge in [0.15, 0.2) is 5.78 Å². The predicted octanol–water partition coefficient (Wildman–Crippen LogP) is 3.85. The van der Waals surface area contributed by atoms with Crippen LogP contribution in [-0.4, -0.2) is 30.7 Å². The third-order valence-corrected chi connectivity index (χ3v) is 6.38. The van der Waals surface area contributed by atoms with Crippen LogP contribution in [0, 0.1) is 5.92 Å². The highest BCUT2D eigenvalue weighted by Crippen LogP contribution is 2.36. The molecule has 0 spiro atoms. The van der Waals surface area contributed by atoms with Crippen molar-refractivity contribution in [2.45, 2.75) is 12.8 Å². The van der Waals surface area contributed by atoms with E-state index in [1.165, 1.54) is 0 Å². The van der Waals surface area contributed by atoms with E-state index in [4.69, 9.17) is 5.73 Å². The van der Waals surface area contributed by atoms with Gasteiger partial charge < -0.3 is 16.0 Å². The highest BCUT2D eigenvalue weighted by molar-refractivity contribution is 6.22. The van der Waals surface area contributed by atoms with Crippen molar-refractivity contribution >= 4 is 29.0 Å². The summed E-state index contributed by atoms with van der Waals surface area (Å²) in [5.74, 6) is -0.571. The van der Waals surface area contributed by atoms with Crippen LogP contribution in [0.2, 0.25) is 0 Å². The second kappa shape index (κ2) is 7.96. The molecule has 160 valence electrons. The average Bonchev–Trinajstić information content (AvgIpc) is 3.11. The second-order valence-electron chi connectivity index (χ2n) is 8.30. The maximum Gasteiger partial charge on any atom is 0.255 e. The van der Waals surface area contributed by atoms with Crippen molar-refractivity contribution in [1.29, 1.82) is 0 Å². The van der Waals surface area contributed by atoms with E-state index in [-0.39, 0.29) is 23.5 Å². The Balaban J connectivity index is 1.27. The Hall–Kier alpha value is -3.93. The number of nitrogens with zero attached hydrogens (tertiary/aromatic N) is 1. The monoisotopic (exact) mass is 425 g/mol. The molecule has 6 nitrogen and oxygen atoms in total. The van der Waals surface area contributed by atoms with Gasteiger partial charge in [0.25, 0.3) is 5.91 Å². The maximum atomic E-state index is 12.8. The van der Waals surface area contributed by atoms with Gasteiger partial charge >= 0.3 is 0 Å². The first-order valence-electron chi connectivity index (χ1n) is 10.7. The third-order valence-electron chi connectivity index (χ3n) is 6.38. The number of anilines is 2. The first-order valence-corrected chi connectivity index (χ1v) is 10.7. The molecule has 3 aromatic carbocycles. The number of hydrogen-bond acceptors (Lipinski definition) is 4. The molecule has 1 fully saturated rings. The summed E-state index contributed by atoms with van der Waals surface area (Å²) in [4.78, 5) is 39.1. The molecule has 1 heterocycles. The molecule has 0 radical (unpaired) electrons. The van der Waals surface area contributed by atoms with Crippen molar-refractivity contribution in [3.05, 3.63) is 83.4 Å². The van der Waals surface area contributed by atoms with Crippen LogP contribution >= 0.6 is 0 Å². The molecule has 0 aromatic heterocycles. The lowest BCUT2D eigenvalue weighted by Gasteiger charge is -2.32. The van der Waals surface area contributed by atoms with Crippen molar-refractivity contribution in [2.75, 3.05) is 23.3 Å². The molecular formula is C26H23N3O3. The highest BCUT2D eigenvalue weighted by atomic mass is 16.2. The molecule has 3 aromatic rings. The predicted molar refractivity (Wildman–Crippen MR) is 124 cm³/mol. The number of benzene rings is 3. The number of rotatable bonds is 4. The lowest BCUT2D eigenvalue weighted by Crippen LogP contribution is -2.38. The number of carbonyl (C=O) groups excluding carboxylic acids is 3. The van der Waals surface area contributed by atoms with Crippen molar-refractivity contribution in [2.24, 2.45) is 11.7 Å². The largest absolute Gasteiger partial charge is 0.371 e. The van der Waals surface area contributed by atoms with Gasteiger partial charge in [-0.25, -0.2) is 0 Å². The molecule has 2 amide bonds. The van der Waals surface area contributed by atoms with Crippen LogP contribution in [0.25, 0.3) is 11.1 Å². The molecule has 0 atom stereocenters. The summed E-state index contributed by atoms with van der Waals surface area (Å²) in [6.07, 6.45) is 1.52. The minimum absolute atomic E-state index is 0.0446. The molecule has 5 rings (SSSR count). The van der Waals surface area contributed by atoms with E-state index in [2.05, 4.69) is 10.2 Å². The number of fused-ring (bicyclic) bond motifs is 3. The number of hydrogen-bond donors (Lipinski definition) is 2. The van der Waals surface area contributed by atoms with Gasteiger partial charge in [-0.05, 0) is 60.4 Å². The highest BCUT2D eigenvalue weighted by Gasteiger charge is 2.27. The Kier molecular flexibility index (Phi) is 4.98. The van der Waals surface area contributed by atoms with Crippen LogP contribution in [0.5, 0.6) is 0 Å². The van der Waals surface area contributed by atoms with Crippen molar-refractivity contribution in [3.8, 4) is 11.1 Å². The van der Waals surface area contributed by atoms with E-state index in [0.717, 1.165) is 42.7 Å². The Labute approximate surface area is 186 Å². The summed E-state index contributed by atoms with van der Waals surface area (Å²) in [5.41, 5.74) is 10.6. The molecule has 1 aliphatic carbocycles. The van der Waals surface area contributed by atoms with Crippen molar-refractivity contribution < 1.29 is 14.4 Å². The van der Waals surface area contributed by atoms with Crippen LogP contribution < -0.4 is 16.0 Å². The Morgan fingerprint density at radius 1 is 0.844 bits per heavy atom. The van der Waals surface area contributed by atoms with Gasteiger partial charge in [-0.3, -0.25) is 14.4 Å². The van der Waals surface area contributed by atoms with Crippen LogP contribution in [0.3, 0.4) is 0 Å². The van der Waals surface area contributed by atoms with Gasteiger partial charge in [-0.15, -0.1) is 0 Å². The summed E-state index contributed by atoms with van der Waals surface area (Å²) in [5, 5.41) is 2.91. The van der Waals surface area contributed by atoms with E-state index in [9.17, 15) is 14.4 Å². The summed E-state index contributed by atoms with van der Waals surface area (Å²) in [6.45, 7) is 1.57. The minimum atomic E-state index is -0.258. The first kappa shape index (κ1) is 20.0. The van der Waals surface area contributed by atoms with Crippen LogP contribution in [0.4, 0.5) is 11.4 Å². The first-order chi connectivity index (χ1) is 15.5. The zero-order valence-corrected chi connectivity index (χ0v) is 17.5. The smallest absolute Gasteiger partial charge is 0.255 e. The van der Waals surface area contributed by atoms with Crippen LogP contribution in [0.1, 0.15) is 39.1 Å². The second-order valence-corrected chi connectivity index (χ2v) is 8.30. The Bertz CT molecular complexity index is 1230. The number of primary amides is 1. The van der Waals surface area contributed by atoms with E-state index >= 15 is 0 Å². The van der Waals surface area contributed by atoms with E-state index < -0.39 is 0 Å². The fraction of sp³-hybridized carbons (Fsp3) is 0.192. The van der Waals surface area contributed by atoms with Crippen LogP contribution in [-0.2, 0) is 4.79 Å². The zero-order valence-electron chi connectivity index (χ0n) is 17.5. The van der Waals surface area contributed by atoms with E-state index in [1.54, 1.807) is 12.1 Å². The van der Waals surface area contributed by atoms with Gasteiger partial charge in [0.2, 0.25) is 5.91 Å². The van der Waals surface area contributed by atoms with Gasteiger partial charge in [-0.2, -0.15) is 0 Å². The maximum absolute atomic E-state index is 12.8. The lowest BCUT2D eigenvalue weighted by molar-refractivity contribution is -0.122. The molecule has 6 heteroatoms. The van der Waals surface area contributed by atoms with Crippen molar-refractivity contribution in [3.63, 3.8) is 0 Å². The number of nitrogens with two attached hydrogens (primary N) is 1. The molecule has 3 N–H and O–H groups in total. The Morgan fingerprint density at radius 3 is 2.19 bits per heavy atom. The third kappa shape index (κ3) is 3.54. The molecule has 0 bridgehead atoms. The topological polar surface area (TPSA) is 92.5 Å². The SMILES string of the molecule is NC(=O)C1CCN(c2ccc(NC(=O)c3ccc4c(c3)C(=O)c3ccccc3-4)cc2)CC1. The molecule has 2 aliphatic rings. The van der Waals surface area contributed by atoms with Gasteiger partial charge in [0.05, 0.1) is 0 Å². The lowest BCUT2D eigenvalue weighted by atomic mass is 9.96. The number of carbonyl (C=O) groups is 3. The molecule has 0 unspecified atom stereocenters. The van der Waals surface area contributed by atoms with Crippen LogP contribution in [0.15, 0.2) is 66.7 Å². The number of nitrogens with one attached hydrogen (secondary N) is 1. The number of piperidine rings is 1. The molecule has 0 saturated carbocycles. The van der Waals surface area contributed by atoms with Gasteiger partial charge in [0, 0.05) is 47.1 Å². The number of amides is 2. The number of ketones is 1. The summed E-state index contributed by atoms with van der Waals surface area (Å²) < 4.78 is 0. The molecular weight excluding hydrogens is 402 g/mol. The summed E-state index contributed by atoms with van der Waals surface area (Å²) >= 11 is 0. The minimum Gasteiger partial charge on any atom is -0.371 e. The van der Waals surface area contributed by atoms with E-state index in [0.29, 0.717) is 22.4 Å². The standard InChI is InChI=1S/C26H23N3O3/c27-25(31)16-11-13-29(14-12-16)19-8-6-18(7-9-19)28-26(32)17-5-10-21-20-3-1-2-4-22(20)24(30)23(21)15-17/h1-10,15-16H,11-14H2,(H2,27,31)(H,28,32). The summed E-state index contributed by atoms with van der Waals surface area (Å²) in [6, 6.07) is 20.4. The quantitative estimate of drug-likeness (QED) is 0.519. The molecule has 1 aliphatic heterocycles. The molecule has 32 heavy (non-hydrogen) atoms. The molecule has 1 saturated heterocycles. The summed E-state index contributed by atoms with van der Waals surface area (Å²) in [7, 11) is 0. The van der Waals surface area contributed by atoms with Gasteiger partial charge in [-0.1, -0.05) is 30.3 Å².